The minimum absolute atomic E-state index is 0. The van der Waals surface area contributed by atoms with Crippen molar-refractivity contribution in [1.82, 2.24) is 0 Å². The van der Waals surface area contributed by atoms with Crippen molar-refractivity contribution in [2.75, 3.05) is 0 Å². The molecule has 0 saturated heterocycles. The average molecular weight is 297 g/mol. The molecule has 4 N–H and O–H groups in total. The van der Waals surface area contributed by atoms with Crippen LogP contribution in [0.4, 0.5) is 0 Å². The molecule has 0 aromatic rings. The predicted octanol–water partition coefficient (Wildman–Crippen LogP) is -1.85. The van der Waals surface area contributed by atoms with Crippen molar-refractivity contribution in [1.29, 1.82) is 0 Å². The van der Waals surface area contributed by atoms with Gasteiger partial charge in [0.1, 0.15) is 0 Å². The third-order valence-corrected chi connectivity index (χ3v) is 0. The molecule has 0 amide bonds. The molecule has 0 radical (unpaired) electrons. The van der Waals surface area contributed by atoms with Gasteiger partial charge in [0.25, 0.3) is 10.2 Å². The second-order valence-electron chi connectivity index (χ2n) is 0.589. The quantitative estimate of drug-likeness (QED) is 0.514. The third-order valence-electron chi connectivity index (χ3n) is 0. The van der Waals surface area contributed by atoms with E-state index < -0.39 is 10.2 Å². The molecule has 0 aromatic carbocycles. The van der Waals surface area contributed by atoms with Crippen molar-refractivity contribution in [3.63, 3.8) is 0 Å². The van der Waals surface area contributed by atoms with Gasteiger partial charge in [-0.2, -0.15) is 8.42 Å². The van der Waals surface area contributed by atoms with Crippen LogP contribution in [0.5, 0.6) is 0 Å². The normalized spacial score (nSPS) is 9.67. The first-order valence-corrected chi connectivity index (χ1v) is 2.41. The Labute approximate surface area is 56.6 Å². The van der Waals surface area contributed by atoms with Crippen LogP contribution in [-0.4, -0.2) is 8.42 Å². The van der Waals surface area contributed by atoms with E-state index in [0.717, 1.165) is 0 Å². The average Bonchev–Trinajstić information content (AvgIpc) is 0.722. The van der Waals surface area contributed by atoms with Gasteiger partial charge in [-0.3, -0.25) is 0 Å². The van der Waals surface area contributed by atoms with Crippen LogP contribution in [-0.2, 0) is 37.9 Å². The molecule has 0 bridgehead atoms. The SMILES string of the molecule is NS(N)(=O)=O.[Hg]. The maximum absolute atomic E-state index is 9.19. The zero-order chi connectivity index (χ0) is 4.50. The van der Waals surface area contributed by atoms with Crippen molar-refractivity contribution in [2.45, 2.75) is 0 Å². The second-order valence-corrected chi connectivity index (χ2v) is 1.77. The van der Waals surface area contributed by atoms with E-state index in [9.17, 15) is 8.42 Å². The Morgan fingerprint density at radius 3 is 1.17 bits per heavy atom. The third kappa shape index (κ3) is 107. The largest absolute Gasteiger partial charge is 0.271 e. The van der Waals surface area contributed by atoms with E-state index in [1.54, 1.807) is 0 Å². The van der Waals surface area contributed by atoms with Crippen molar-refractivity contribution in [2.24, 2.45) is 10.3 Å². The van der Waals surface area contributed by atoms with E-state index >= 15 is 0 Å². The molecule has 0 aliphatic carbocycles. The maximum Gasteiger partial charge on any atom is 0.271 e. The van der Waals surface area contributed by atoms with Gasteiger partial charge in [0.2, 0.25) is 0 Å². The molecule has 6 heteroatoms. The summed E-state index contributed by atoms with van der Waals surface area (Å²) in [7, 11) is -3.67. The zero-order valence-corrected chi connectivity index (χ0v) is 9.40. The minimum Gasteiger partial charge on any atom is -0.216 e. The Kier molecular flexibility index (Phi) is 4.79. The molecule has 0 atom stereocenters. The fourth-order valence-electron chi connectivity index (χ4n) is 0. The summed E-state index contributed by atoms with van der Waals surface area (Å²) in [5.41, 5.74) is 0. The molecule has 0 unspecified atom stereocenters. The van der Waals surface area contributed by atoms with Gasteiger partial charge in [-0.15, -0.1) is 0 Å². The van der Waals surface area contributed by atoms with Gasteiger partial charge in [-0.05, 0) is 0 Å². The molecular formula is H4HgN2O2S. The first-order chi connectivity index (χ1) is 2.00. The fraction of sp³-hybridized carbons (Fsp3) is 0. The summed E-state index contributed by atoms with van der Waals surface area (Å²) in [5, 5.41) is 8.21. The smallest absolute Gasteiger partial charge is 0.216 e. The predicted molar refractivity (Wildman–Crippen MR) is 17.3 cm³/mol. The second kappa shape index (κ2) is 2.89. The summed E-state index contributed by atoms with van der Waals surface area (Å²) < 4.78 is 18.4. The van der Waals surface area contributed by atoms with Crippen molar-refractivity contribution in [3.05, 3.63) is 0 Å². The van der Waals surface area contributed by atoms with Gasteiger partial charge in [0, 0.05) is 27.7 Å². The molecule has 0 aliphatic heterocycles. The van der Waals surface area contributed by atoms with E-state index in [0.29, 0.717) is 0 Å². The molecule has 0 aromatic heterocycles. The minimum atomic E-state index is -3.67. The van der Waals surface area contributed by atoms with Crippen molar-refractivity contribution < 1.29 is 36.1 Å². The molecular weight excluding hydrogens is 293 g/mol. The Morgan fingerprint density at radius 1 is 1.17 bits per heavy atom. The molecule has 0 rings (SSSR count). The van der Waals surface area contributed by atoms with Gasteiger partial charge in [-0.25, -0.2) is 10.3 Å². The van der Waals surface area contributed by atoms with Crippen molar-refractivity contribution >= 4 is 10.2 Å². The number of hydrogen-bond acceptors (Lipinski definition) is 2. The first-order valence-electron chi connectivity index (χ1n) is 0.805. The Bertz CT molecular complexity index is 94.7. The summed E-state index contributed by atoms with van der Waals surface area (Å²) in [6.07, 6.45) is 0. The number of rotatable bonds is 0. The molecule has 0 aliphatic rings. The van der Waals surface area contributed by atoms with Crippen LogP contribution in [0, 0.1) is 0 Å². The van der Waals surface area contributed by atoms with E-state index in [1.807, 2.05) is 0 Å². The topological polar surface area (TPSA) is 86.2 Å². The van der Waals surface area contributed by atoms with Crippen molar-refractivity contribution in [3.8, 4) is 0 Å². The number of nitrogens with two attached hydrogens (primary N) is 2. The van der Waals surface area contributed by atoms with Crippen LogP contribution >= 0.6 is 0 Å². The van der Waals surface area contributed by atoms with Gasteiger partial charge < -0.3 is 0 Å². The summed E-state index contributed by atoms with van der Waals surface area (Å²) >= 11 is 0. The molecule has 34 valence electrons. The molecule has 4 nitrogen and oxygen atoms in total. The van der Waals surface area contributed by atoms with Gasteiger partial charge in [-0.1, -0.05) is 0 Å². The summed E-state index contributed by atoms with van der Waals surface area (Å²) in [6, 6.07) is 0. The van der Waals surface area contributed by atoms with Crippen LogP contribution in [0.25, 0.3) is 0 Å². The van der Waals surface area contributed by atoms with Crippen LogP contribution < -0.4 is 10.3 Å². The van der Waals surface area contributed by atoms with Crippen LogP contribution in [0.2, 0.25) is 0 Å². The molecule has 0 saturated carbocycles. The summed E-state index contributed by atoms with van der Waals surface area (Å²) in [5.74, 6) is 0. The molecule has 0 fully saturated rings. The monoisotopic (exact) mass is 298 g/mol. The molecule has 6 heavy (non-hydrogen) atoms. The Hall–Kier alpha value is 0.805. The maximum atomic E-state index is 9.19. The fourth-order valence-corrected chi connectivity index (χ4v) is 0. The first kappa shape index (κ1) is 9.93. The van der Waals surface area contributed by atoms with E-state index in [-0.39, 0.29) is 27.7 Å². The molecule has 0 heterocycles. The standard InChI is InChI=1S/Hg.H4N2O2S/c;1-5(2,3)4/h;(H4,1,2,3,4). The van der Waals surface area contributed by atoms with Gasteiger partial charge >= 0.3 is 0 Å². The van der Waals surface area contributed by atoms with E-state index in [2.05, 4.69) is 10.3 Å². The molecule has 0 spiro atoms. The van der Waals surface area contributed by atoms with Crippen LogP contribution in [0.15, 0.2) is 0 Å². The van der Waals surface area contributed by atoms with E-state index in [1.165, 1.54) is 0 Å². The summed E-state index contributed by atoms with van der Waals surface area (Å²) in [4.78, 5) is 0. The van der Waals surface area contributed by atoms with Crippen LogP contribution in [0.3, 0.4) is 0 Å². The zero-order valence-electron chi connectivity index (χ0n) is 3.09. The Balaban J connectivity index is 0. The van der Waals surface area contributed by atoms with E-state index in [4.69, 9.17) is 0 Å². The van der Waals surface area contributed by atoms with Gasteiger partial charge in [0.15, 0.2) is 0 Å². The Morgan fingerprint density at radius 2 is 1.17 bits per heavy atom. The van der Waals surface area contributed by atoms with Crippen LogP contribution in [0.1, 0.15) is 0 Å². The summed E-state index contributed by atoms with van der Waals surface area (Å²) in [6.45, 7) is 0. The van der Waals surface area contributed by atoms with Gasteiger partial charge in [0.05, 0.1) is 0 Å². The number of hydrogen-bond donors (Lipinski definition) is 2.